The second kappa shape index (κ2) is 9.10. The number of amides is 1. The van der Waals surface area contributed by atoms with E-state index in [0.717, 1.165) is 19.3 Å². The van der Waals surface area contributed by atoms with Crippen molar-refractivity contribution in [1.82, 2.24) is 15.4 Å². The lowest BCUT2D eigenvalue weighted by Gasteiger charge is -2.34. The quantitative estimate of drug-likeness (QED) is 0.530. The molecule has 2 aliphatic heterocycles. The fourth-order valence-electron chi connectivity index (χ4n) is 3.07. The molecule has 140 valence electrons. The van der Waals surface area contributed by atoms with Gasteiger partial charge >= 0.3 is 0 Å². The molecule has 2 fully saturated rings. The lowest BCUT2D eigenvalue weighted by Crippen LogP contribution is -2.54. The normalized spacial score (nSPS) is 24.5. The van der Waals surface area contributed by atoms with E-state index in [0.29, 0.717) is 39.1 Å². The van der Waals surface area contributed by atoms with Crippen molar-refractivity contribution in [2.75, 3.05) is 45.6 Å². The standard InChI is InChI=1S/C15H29N3O5S/c1-22-15(5-7-16-8-6-15)14(19)17-9-11-24(20,21)18-12-13-4-2-3-10-23-13/h13,16,18H,2-12H2,1H3,(H,17,19). The number of carbonyl (C=O) groups is 1. The summed E-state index contributed by atoms with van der Waals surface area (Å²) in [5, 5.41) is 5.88. The van der Waals surface area contributed by atoms with E-state index in [9.17, 15) is 13.2 Å². The van der Waals surface area contributed by atoms with Gasteiger partial charge in [0.15, 0.2) is 0 Å². The molecule has 0 aromatic heterocycles. The first-order valence-electron chi connectivity index (χ1n) is 8.60. The molecule has 0 radical (unpaired) electrons. The Morgan fingerprint density at radius 1 is 1.33 bits per heavy atom. The van der Waals surface area contributed by atoms with Crippen LogP contribution >= 0.6 is 0 Å². The predicted molar refractivity (Wildman–Crippen MR) is 90.2 cm³/mol. The van der Waals surface area contributed by atoms with E-state index < -0.39 is 15.6 Å². The Labute approximate surface area is 144 Å². The molecular weight excluding hydrogens is 334 g/mol. The number of ether oxygens (including phenoxy) is 2. The number of hydrogen-bond acceptors (Lipinski definition) is 6. The van der Waals surface area contributed by atoms with Crippen molar-refractivity contribution < 1.29 is 22.7 Å². The summed E-state index contributed by atoms with van der Waals surface area (Å²) in [6.45, 7) is 2.48. The number of carbonyl (C=O) groups excluding carboxylic acids is 1. The van der Waals surface area contributed by atoms with Gasteiger partial charge in [-0.1, -0.05) is 0 Å². The maximum absolute atomic E-state index is 12.3. The van der Waals surface area contributed by atoms with E-state index in [4.69, 9.17) is 9.47 Å². The number of methoxy groups -OCH3 is 1. The lowest BCUT2D eigenvalue weighted by molar-refractivity contribution is -0.146. The molecular formula is C15H29N3O5S. The van der Waals surface area contributed by atoms with Crippen LogP contribution in [0.15, 0.2) is 0 Å². The fourth-order valence-corrected chi connectivity index (χ4v) is 4.03. The zero-order valence-corrected chi connectivity index (χ0v) is 15.1. The van der Waals surface area contributed by atoms with Gasteiger partial charge in [0.25, 0.3) is 5.91 Å². The molecule has 0 saturated carbocycles. The van der Waals surface area contributed by atoms with Crippen LogP contribution in [0.5, 0.6) is 0 Å². The molecule has 1 amide bonds. The van der Waals surface area contributed by atoms with E-state index in [2.05, 4.69) is 15.4 Å². The number of piperidine rings is 1. The van der Waals surface area contributed by atoms with Crippen LogP contribution in [0, 0.1) is 0 Å². The highest BCUT2D eigenvalue weighted by Crippen LogP contribution is 2.22. The first-order chi connectivity index (χ1) is 11.5. The SMILES string of the molecule is COC1(C(=O)NCCS(=O)(=O)NCC2CCCCO2)CCNCC1. The first kappa shape index (κ1) is 19.6. The third-order valence-electron chi connectivity index (χ3n) is 4.68. The van der Waals surface area contributed by atoms with Gasteiger partial charge in [-0.25, -0.2) is 13.1 Å². The molecule has 0 bridgehead atoms. The van der Waals surface area contributed by atoms with Crippen molar-refractivity contribution in [1.29, 1.82) is 0 Å². The summed E-state index contributed by atoms with van der Waals surface area (Å²) >= 11 is 0. The van der Waals surface area contributed by atoms with Gasteiger partial charge in [0, 0.05) is 26.8 Å². The minimum absolute atomic E-state index is 0.0467. The van der Waals surface area contributed by atoms with Crippen LogP contribution in [0.3, 0.4) is 0 Å². The van der Waals surface area contributed by atoms with Gasteiger partial charge in [0.05, 0.1) is 11.9 Å². The molecule has 2 heterocycles. The van der Waals surface area contributed by atoms with Crippen LogP contribution < -0.4 is 15.4 Å². The van der Waals surface area contributed by atoms with E-state index in [-0.39, 0.29) is 24.3 Å². The Kier molecular flexibility index (Phi) is 7.42. The van der Waals surface area contributed by atoms with Gasteiger partial charge in [-0.05, 0) is 45.2 Å². The summed E-state index contributed by atoms with van der Waals surface area (Å²) in [6.07, 6.45) is 4.10. The summed E-state index contributed by atoms with van der Waals surface area (Å²) in [5.74, 6) is -0.388. The van der Waals surface area contributed by atoms with Gasteiger partial charge in [0.1, 0.15) is 5.60 Å². The van der Waals surface area contributed by atoms with Crippen molar-refractivity contribution in [3.05, 3.63) is 0 Å². The summed E-state index contributed by atoms with van der Waals surface area (Å²) < 4.78 is 37.5. The monoisotopic (exact) mass is 363 g/mol. The van der Waals surface area contributed by atoms with Crippen LogP contribution in [-0.4, -0.2) is 71.7 Å². The van der Waals surface area contributed by atoms with Crippen LogP contribution in [0.25, 0.3) is 0 Å². The first-order valence-corrected chi connectivity index (χ1v) is 10.3. The molecule has 0 aliphatic carbocycles. The zero-order valence-electron chi connectivity index (χ0n) is 14.3. The molecule has 9 heteroatoms. The number of rotatable bonds is 8. The maximum atomic E-state index is 12.3. The second-order valence-electron chi connectivity index (χ2n) is 6.36. The van der Waals surface area contributed by atoms with Crippen LogP contribution in [0.2, 0.25) is 0 Å². The van der Waals surface area contributed by atoms with Crippen LogP contribution in [-0.2, 0) is 24.3 Å². The van der Waals surface area contributed by atoms with Crippen molar-refractivity contribution in [2.24, 2.45) is 0 Å². The lowest BCUT2D eigenvalue weighted by atomic mass is 9.91. The summed E-state index contributed by atoms with van der Waals surface area (Å²) in [6, 6.07) is 0. The third kappa shape index (κ3) is 5.66. The predicted octanol–water partition coefficient (Wildman–Crippen LogP) is -0.640. The van der Waals surface area contributed by atoms with Gasteiger partial charge < -0.3 is 20.1 Å². The largest absolute Gasteiger partial charge is 0.377 e. The van der Waals surface area contributed by atoms with Crippen molar-refractivity contribution in [3.8, 4) is 0 Å². The molecule has 0 aromatic rings. The summed E-state index contributed by atoms with van der Waals surface area (Å²) in [4.78, 5) is 12.3. The molecule has 1 atom stereocenters. The Bertz CT molecular complexity index is 499. The fraction of sp³-hybridized carbons (Fsp3) is 0.933. The Hall–Kier alpha value is -0.740. The smallest absolute Gasteiger partial charge is 0.252 e. The average Bonchev–Trinajstić information content (AvgIpc) is 2.61. The molecule has 2 aliphatic rings. The molecule has 1 unspecified atom stereocenters. The van der Waals surface area contributed by atoms with Crippen molar-refractivity contribution >= 4 is 15.9 Å². The summed E-state index contributed by atoms with van der Waals surface area (Å²) in [7, 11) is -1.91. The molecule has 2 saturated heterocycles. The Balaban J connectivity index is 1.72. The van der Waals surface area contributed by atoms with Crippen LogP contribution in [0.1, 0.15) is 32.1 Å². The van der Waals surface area contributed by atoms with E-state index in [1.54, 1.807) is 0 Å². The second-order valence-corrected chi connectivity index (χ2v) is 8.29. The Morgan fingerprint density at radius 3 is 2.71 bits per heavy atom. The third-order valence-corrected chi connectivity index (χ3v) is 6.03. The highest BCUT2D eigenvalue weighted by molar-refractivity contribution is 7.89. The topological polar surface area (TPSA) is 106 Å². The summed E-state index contributed by atoms with van der Waals surface area (Å²) in [5.41, 5.74) is -0.849. The minimum Gasteiger partial charge on any atom is -0.377 e. The molecule has 8 nitrogen and oxygen atoms in total. The van der Waals surface area contributed by atoms with Gasteiger partial charge in [-0.3, -0.25) is 4.79 Å². The highest BCUT2D eigenvalue weighted by atomic mass is 32.2. The van der Waals surface area contributed by atoms with Gasteiger partial charge in [0.2, 0.25) is 10.0 Å². The molecule has 0 aromatic carbocycles. The highest BCUT2D eigenvalue weighted by Gasteiger charge is 2.39. The van der Waals surface area contributed by atoms with E-state index in [1.807, 2.05) is 0 Å². The van der Waals surface area contributed by atoms with Gasteiger partial charge in [-0.15, -0.1) is 0 Å². The van der Waals surface area contributed by atoms with E-state index >= 15 is 0 Å². The Morgan fingerprint density at radius 2 is 2.08 bits per heavy atom. The molecule has 0 spiro atoms. The van der Waals surface area contributed by atoms with Crippen LogP contribution in [0.4, 0.5) is 0 Å². The average molecular weight is 363 g/mol. The molecule has 3 N–H and O–H groups in total. The van der Waals surface area contributed by atoms with Gasteiger partial charge in [-0.2, -0.15) is 0 Å². The van der Waals surface area contributed by atoms with Crippen molar-refractivity contribution in [3.63, 3.8) is 0 Å². The number of sulfonamides is 1. The maximum Gasteiger partial charge on any atom is 0.252 e. The van der Waals surface area contributed by atoms with E-state index in [1.165, 1.54) is 7.11 Å². The molecule has 24 heavy (non-hydrogen) atoms. The molecule has 2 rings (SSSR count). The minimum atomic E-state index is -3.43. The zero-order chi connectivity index (χ0) is 17.5. The van der Waals surface area contributed by atoms with Crippen molar-refractivity contribution in [2.45, 2.75) is 43.8 Å². The number of nitrogens with one attached hydrogen (secondary N) is 3. The number of hydrogen-bond donors (Lipinski definition) is 3.